The van der Waals surface area contributed by atoms with Gasteiger partial charge in [-0.1, -0.05) is 72.6 Å². The maximum absolute atomic E-state index is 3.92. The molecule has 0 amide bonds. The second kappa shape index (κ2) is 5.88. The zero-order valence-electron chi connectivity index (χ0n) is 11.4. The maximum Gasteiger partial charge on any atom is 0.0429 e. The van der Waals surface area contributed by atoms with Crippen LogP contribution in [0.15, 0.2) is 36.4 Å². The van der Waals surface area contributed by atoms with E-state index in [-0.39, 0.29) is 0 Å². The summed E-state index contributed by atoms with van der Waals surface area (Å²) in [6, 6.07) is 13.1. The summed E-state index contributed by atoms with van der Waals surface area (Å²) in [6.07, 6.45) is 2.51. The van der Waals surface area contributed by atoms with Crippen molar-refractivity contribution in [3.05, 3.63) is 47.5 Å². The average molecular weight is 305 g/mol. The SMILES string of the molecule is CCCC(C)C(Br)c1c(C)ccc2ccccc12. The Labute approximate surface area is 119 Å². The topological polar surface area (TPSA) is 0 Å². The third-order valence-electron chi connectivity index (χ3n) is 3.71. The molecule has 0 aromatic heterocycles. The summed E-state index contributed by atoms with van der Waals surface area (Å²) in [4.78, 5) is 0.448. The Bertz CT molecular complexity index is 530. The van der Waals surface area contributed by atoms with Gasteiger partial charge in [-0.05, 0) is 41.2 Å². The summed E-state index contributed by atoms with van der Waals surface area (Å²) in [5.41, 5.74) is 2.85. The van der Waals surface area contributed by atoms with Crippen molar-refractivity contribution in [3.63, 3.8) is 0 Å². The molecule has 18 heavy (non-hydrogen) atoms. The number of hydrogen-bond acceptors (Lipinski definition) is 0. The molecular weight excluding hydrogens is 284 g/mol. The van der Waals surface area contributed by atoms with Crippen LogP contribution in [-0.4, -0.2) is 0 Å². The zero-order valence-corrected chi connectivity index (χ0v) is 13.0. The van der Waals surface area contributed by atoms with Gasteiger partial charge in [0.2, 0.25) is 0 Å². The molecule has 2 aromatic rings. The molecule has 0 aliphatic carbocycles. The van der Waals surface area contributed by atoms with Gasteiger partial charge in [0.1, 0.15) is 0 Å². The molecule has 0 aliphatic heterocycles. The molecule has 2 atom stereocenters. The zero-order chi connectivity index (χ0) is 13.1. The molecule has 1 heteroatoms. The molecule has 0 saturated carbocycles. The minimum atomic E-state index is 0.448. The summed E-state index contributed by atoms with van der Waals surface area (Å²) >= 11 is 3.92. The third-order valence-corrected chi connectivity index (χ3v) is 5.07. The standard InChI is InChI=1S/C17H21Br/c1-4-7-13(3)17(18)16-12(2)10-11-14-8-5-6-9-15(14)16/h5-6,8-11,13,17H,4,7H2,1-3H3. The summed E-state index contributed by atoms with van der Waals surface area (Å²) in [5.74, 6) is 0.666. The number of halogens is 1. The van der Waals surface area contributed by atoms with Crippen LogP contribution in [0.1, 0.15) is 42.6 Å². The van der Waals surface area contributed by atoms with Crippen LogP contribution in [0.2, 0.25) is 0 Å². The summed E-state index contributed by atoms with van der Waals surface area (Å²) < 4.78 is 0. The Morgan fingerprint density at radius 3 is 2.56 bits per heavy atom. The second-order valence-corrected chi connectivity index (χ2v) is 6.17. The van der Waals surface area contributed by atoms with Crippen LogP contribution in [0, 0.1) is 12.8 Å². The van der Waals surface area contributed by atoms with Crippen LogP contribution in [0.3, 0.4) is 0 Å². The average Bonchev–Trinajstić information content (AvgIpc) is 2.38. The maximum atomic E-state index is 3.92. The van der Waals surface area contributed by atoms with Crippen molar-refractivity contribution in [1.82, 2.24) is 0 Å². The van der Waals surface area contributed by atoms with Gasteiger partial charge < -0.3 is 0 Å². The largest absolute Gasteiger partial charge is 0.0836 e. The highest BCUT2D eigenvalue weighted by Crippen LogP contribution is 2.39. The van der Waals surface area contributed by atoms with Gasteiger partial charge in [-0.2, -0.15) is 0 Å². The van der Waals surface area contributed by atoms with Crippen LogP contribution < -0.4 is 0 Å². The van der Waals surface area contributed by atoms with Gasteiger partial charge >= 0.3 is 0 Å². The fraction of sp³-hybridized carbons (Fsp3) is 0.412. The van der Waals surface area contributed by atoms with E-state index in [1.165, 1.54) is 34.7 Å². The minimum Gasteiger partial charge on any atom is -0.0836 e. The Hall–Kier alpha value is -0.820. The Morgan fingerprint density at radius 1 is 1.11 bits per heavy atom. The third kappa shape index (κ3) is 2.61. The summed E-state index contributed by atoms with van der Waals surface area (Å²) in [7, 11) is 0. The molecule has 96 valence electrons. The minimum absolute atomic E-state index is 0.448. The highest BCUT2D eigenvalue weighted by atomic mass is 79.9. The van der Waals surface area contributed by atoms with Crippen molar-refractivity contribution in [2.75, 3.05) is 0 Å². The molecule has 0 nitrogen and oxygen atoms in total. The van der Waals surface area contributed by atoms with Gasteiger partial charge in [-0.15, -0.1) is 0 Å². The predicted molar refractivity (Wildman–Crippen MR) is 84.4 cm³/mol. The summed E-state index contributed by atoms with van der Waals surface area (Å²) in [6.45, 7) is 6.81. The number of alkyl halides is 1. The van der Waals surface area contributed by atoms with E-state index < -0.39 is 0 Å². The lowest BCUT2D eigenvalue weighted by Gasteiger charge is -2.22. The highest BCUT2D eigenvalue weighted by molar-refractivity contribution is 9.09. The number of rotatable bonds is 4. The van der Waals surface area contributed by atoms with E-state index in [1.807, 2.05) is 0 Å². The number of benzene rings is 2. The Balaban J connectivity index is 2.51. The van der Waals surface area contributed by atoms with Gasteiger partial charge in [-0.3, -0.25) is 0 Å². The van der Waals surface area contributed by atoms with Crippen molar-refractivity contribution in [2.24, 2.45) is 5.92 Å². The predicted octanol–water partition coefficient (Wildman–Crippen LogP) is 6.02. The molecular formula is C17H21Br. The van der Waals surface area contributed by atoms with Gasteiger partial charge in [0.25, 0.3) is 0 Å². The van der Waals surface area contributed by atoms with Crippen LogP contribution >= 0.6 is 15.9 Å². The number of aryl methyl sites for hydroxylation is 1. The fourth-order valence-corrected chi connectivity index (χ4v) is 3.53. The molecule has 0 saturated heterocycles. The van der Waals surface area contributed by atoms with E-state index in [4.69, 9.17) is 0 Å². The molecule has 0 fully saturated rings. The van der Waals surface area contributed by atoms with Gasteiger partial charge in [0.05, 0.1) is 0 Å². The van der Waals surface area contributed by atoms with Crippen molar-refractivity contribution in [3.8, 4) is 0 Å². The van der Waals surface area contributed by atoms with Gasteiger partial charge in [-0.25, -0.2) is 0 Å². The van der Waals surface area contributed by atoms with E-state index in [9.17, 15) is 0 Å². The lowest BCUT2D eigenvalue weighted by Crippen LogP contribution is -2.05. The van der Waals surface area contributed by atoms with Crippen LogP contribution in [0.4, 0.5) is 0 Å². The lowest BCUT2D eigenvalue weighted by molar-refractivity contribution is 0.519. The molecule has 0 heterocycles. The normalized spacial score (nSPS) is 14.7. The van der Waals surface area contributed by atoms with Gasteiger partial charge in [0, 0.05) is 4.83 Å². The smallest absolute Gasteiger partial charge is 0.0429 e. The Morgan fingerprint density at radius 2 is 1.83 bits per heavy atom. The second-order valence-electron chi connectivity index (χ2n) is 5.18. The monoisotopic (exact) mass is 304 g/mol. The van der Waals surface area contributed by atoms with Crippen LogP contribution in [-0.2, 0) is 0 Å². The molecule has 2 rings (SSSR count). The highest BCUT2D eigenvalue weighted by Gasteiger charge is 2.19. The molecule has 0 aliphatic rings. The lowest BCUT2D eigenvalue weighted by atomic mass is 9.90. The quantitative estimate of drug-likeness (QED) is 0.606. The van der Waals surface area contributed by atoms with Crippen molar-refractivity contribution in [1.29, 1.82) is 0 Å². The molecule has 0 N–H and O–H groups in total. The van der Waals surface area contributed by atoms with E-state index in [1.54, 1.807) is 0 Å². The van der Waals surface area contributed by atoms with E-state index >= 15 is 0 Å². The van der Waals surface area contributed by atoms with Crippen molar-refractivity contribution < 1.29 is 0 Å². The molecule has 0 radical (unpaired) electrons. The first-order valence-corrected chi connectivity index (χ1v) is 7.69. The first kappa shape index (κ1) is 13.6. The first-order valence-electron chi connectivity index (χ1n) is 6.77. The van der Waals surface area contributed by atoms with Gasteiger partial charge in [0.15, 0.2) is 0 Å². The number of fused-ring (bicyclic) bond motifs is 1. The number of hydrogen-bond donors (Lipinski definition) is 0. The van der Waals surface area contributed by atoms with Crippen molar-refractivity contribution >= 4 is 26.7 Å². The van der Waals surface area contributed by atoms with E-state index in [0.29, 0.717) is 10.7 Å². The summed E-state index contributed by atoms with van der Waals surface area (Å²) in [5, 5.41) is 2.73. The van der Waals surface area contributed by atoms with Crippen LogP contribution in [0.25, 0.3) is 10.8 Å². The van der Waals surface area contributed by atoms with E-state index in [0.717, 1.165) is 0 Å². The first-order chi connectivity index (χ1) is 8.65. The fourth-order valence-electron chi connectivity index (χ4n) is 2.66. The molecule has 0 bridgehead atoms. The molecule has 2 aromatic carbocycles. The van der Waals surface area contributed by atoms with E-state index in [2.05, 4.69) is 73.1 Å². The Kier molecular flexibility index (Phi) is 4.45. The molecule has 2 unspecified atom stereocenters. The van der Waals surface area contributed by atoms with Crippen molar-refractivity contribution in [2.45, 2.75) is 38.4 Å². The molecule has 0 spiro atoms. The van der Waals surface area contributed by atoms with Crippen LogP contribution in [0.5, 0.6) is 0 Å².